The first kappa shape index (κ1) is 12.4. The lowest BCUT2D eigenvalue weighted by Crippen LogP contribution is -2.18. The summed E-state index contributed by atoms with van der Waals surface area (Å²) in [6.45, 7) is 3.93. The molecule has 0 unspecified atom stereocenters. The summed E-state index contributed by atoms with van der Waals surface area (Å²) in [6, 6.07) is 3.14. The number of rotatable bonds is 3. The summed E-state index contributed by atoms with van der Waals surface area (Å²) < 4.78 is 5.14. The standard InChI is InChI=1S/C12H17NO3/c1-7(2)8-6-11(16-4)9(5-10(8)14)12(15)13-3/h5-7,14H,1-4H3,(H,13,15). The van der Waals surface area contributed by atoms with E-state index in [1.165, 1.54) is 20.2 Å². The first-order valence-corrected chi connectivity index (χ1v) is 5.14. The van der Waals surface area contributed by atoms with Gasteiger partial charge in [-0.1, -0.05) is 13.8 Å². The van der Waals surface area contributed by atoms with Crippen LogP contribution in [0, 0.1) is 0 Å². The van der Waals surface area contributed by atoms with Crippen LogP contribution in [-0.2, 0) is 0 Å². The minimum absolute atomic E-state index is 0.120. The van der Waals surface area contributed by atoms with Gasteiger partial charge in [0.15, 0.2) is 0 Å². The van der Waals surface area contributed by atoms with Crippen molar-refractivity contribution in [1.82, 2.24) is 5.32 Å². The number of hydrogen-bond donors (Lipinski definition) is 2. The molecular weight excluding hydrogens is 206 g/mol. The largest absolute Gasteiger partial charge is 0.508 e. The Morgan fingerprint density at radius 1 is 1.44 bits per heavy atom. The molecule has 1 aromatic rings. The Hall–Kier alpha value is -1.71. The topological polar surface area (TPSA) is 58.6 Å². The van der Waals surface area contributed by atoms with Crippen molar-refractivity contribution in [1.29, 1.82) is 0 Å². The third-order valence-corrected chi connectivity index (χ3v) is 2.44. The molecule has 1 amide bonds. The summed E-state index contributed by atoms with van der Waals surface area (Å²) in [5.41, 5.74) is 1.11. The van der Waals surface area contributed by atoms with E-state index in [0.29, 0.717) is 11.3 Å². The van der Waals surface area contributed by atoms with Crippen molar-refractivity contribution in [2.75, 3.05) is 14.2 Å². The fourth-order valence-corrected chi connectivity index (χ4v) is 1.53. The van der Waals surface area contributed by atoms with Crippen LogP contribution in [0.2, 0.25) is 0 Å². The van der Waals surface area contributed by atoms with Crippen LogP contribution in [-0.4, -0.2) is 25.2 Å². The Bertz CT molecular complexity index is 399. The van der Waals surface area contributed by atoms with Gasteiger partial charge in [0.05, 0.1) is 12.7 Å². The summed E-state index contributed by atoms with van der Waals surface area (Å²) in [4.78, 5) is 11.5. The van der Waals surface area contributed by atoms with Gasteiger partial charge in [-0.05, 0) is 18.1 Å². The molecule has 4 nitrogen and oxygen atoms in total. The quantitative estimate of drug-likeness (QED) is 0.822. The van der Waals surface area contributed by atoms with Crippen molar-refractivity contribution in [3.8, 4) is 11.5 Å². The average molecular weight is 223 g/mol. The van der Waals surface area contributed by atoms with Gasteiger partial charge in [0, 0.05) is 12.6 Å². The second kappa shape index (κ2) is 4.88. The molecule has 1 aromatic carbocycles. The highest BCUT2D eigenvalue weighted by Crippen LogP contribution is 2.32. The van der Waals surface area contributed by atoms with Crippen LogP contribution in [0.1, 0.15) is 35.7 Å². The van der Waals surface area contributed by atoms with Crippen molar-refractivity contribution in [3.05, 3.63) is 23.3 Å². The molecule has 0 saturated carbocycles. The number of aromatic hydroxyl groups is 1. The maximum absolute atomic E-state index is 11.5. The van der Waals surface area contributed by atoms with Gasteiger partial charge in [-0.2, -0.15) is 0 Å². The molecule has 0 aliphatic rings. The van der Waals surface area contributed by atoms with Gasteiger partial charge < -0.3 is 15.2 Å². The van der Waals surface area contributed by atoms with Crippen molar-refractivity contribution < 1.29 is 14.6 Å². The molecule has 0 fully saturated rings. The molecule has 1 rings (SSSR count). The van der Waals surface area contributed by atoms with Gasteiger partial charge in [0.2, 0.25) is 0 Å². The predicted molar refractivity (Wildman–Crippen MR) is 62.1 cm³/mol. The fraction of sp³-hybridized carbons (Fsp3) is 0.417. The molecule has 0 spiro atoms. The predicted octanol–water partition coefficient (Wildman–Crippen LogP) is 1.88. The Labute approximate surface area is 95.2 Å². The second-order valence-electron chi connectivity index (χ2n) is 3.85. The molecule has 88 valence electrons. The lowest BCUT2D eigenvalue weighted by molar-refractivity contribution is 0.0959. The van der Waals surface area contributed by atoms with Crippen LogP contribution < -0.4 is 10.1 Å². The van der Waals surface area contributed by atoms with Crippen LogP contribution >= 0.6 is 0 Å². The summed E-state index contributed by atoms with van der Waals surface area (Å²) in [5, 5.41) is 12.3. The van der Waals surface area contributed by atoms with E-state index in [1.54, 1.807) is 6.07 Å². The Morgan fingerprint density at radius 3 is 2.50 bits per heavy atom. The van der Waals surface area contributed by atoms with E-state index in [1.807, 2.05) is 13.8 Å². The Kier molecular flexibility index (Phi) is 3.77. The smallest absolute Gasteiger partial charge is 0.254 e. The average Bonchev–Trinajstić information content (AvgIpc) is 2.27. The third-order valence-electron chi connectivity index (χ3n) is 2.44. The number of carbonyl (C=O) groups excluding carboxylic acids is 1. The number of nitrogens with one attached hydrogen (secondary N) is 1. The molecule has 0 heterocycles. The van der Waals surface area contributed by atoms with Crippen molar-refractivity contribution >= 4 is 5.91 Å². The minimum atomic E-state index is -0.276. The Balaban J connectivity index is 3.32. The highest BCUT2D eigenvalue weighted by atomic mass is 16.5. The molecule has 0 bridgehead atoms. The van der Waals surface area contributed by atoms with Crippen molar-refractivity contribution in [2.45, 2.75) is 19.8 Å². The zero-order valence-corrected chi connectivity index (χ0v) is 10.00. The first-order chi connectivity index (χ1) is 7.51. The van der Waals surface area contributed by atoms with Gasteiger partial charge in [-0.25, -0.2) is 0 Å². The van der Waals surface area contributed by atoms with Crippen LogP contribution in [0.15, 0.2) is 12.1 Å². The molecule has 0 saturated heterocycles. The maximum atomic E-state index is 11.5. The zero-order valence-electron chi connectivity index (χ0n) is 10.00. The lowest BCUT2D eigenvalue weighted by Gasteiger charge is -2.13. The first-order valence-electron chi connectivity index (χ1n) is 5.14. The van der Waals surface area contributed by atoms with Gasteiger partial charge in [-0.3, -0.25) is 4.79 Å². The normalized spacial score (nSPS) is 10.3. The summed E-state index contributed by atoms with van der Waals surface area (Å²) >= 11 is 0. The molecule has 0 aromatic heterocycles. The fourth-order valence-electron chi connectivity index (χ4n) is 1.53. The van der Waals surface area contributed by atoms with Crippen LogP contribution in [0.4, 0.5) is 0 Å². The minimum Gasteiger partial charge on any atom is -0.508 e. The number of amides is 1. The number of hydrogen-bond acceptors (Lipinski definition) is 3. The number of benzene rings is 1. The van der Waals surface area contributed by atoms with E-state index in [0.717, 1.165) is 5.56 Å². The zero-order chi connectivity index (χ0) is 12.3. The molecule has 4 heteroatoms. The van der Waals surface area contributed by atoms with E-state index in [2.05, 4.69) is 5.32 Å². The molecule has 0 aliphatic heterocycles. The molecule has 0 atom stereocenters. The second-order valence-corrected chi connectivity index (χ2v) is 3.85. The number of methoxy groups -OCH3 is 1. The highest BCUT2D eigenvalue weighted by molar-refractivity contribution is 5.97. The van der Waals surface area contributed by atoms with E-state index in [4.69, 9.17) is 4.74 Å². The molecule has 2 N–H and O–H groups in total. The maximum Gasteiger partial charge on any atom is 0.254 e. The molecule has 0 radical (unpaired) electrons. The number of carbonyl (C=O) groups is 1. The SMILES string of the molecule is CNC(=O)c1cc(O)c(C(C)C)cc1OC. The monoisotopic (exact) mass is 223 g/mol. The van der Waals surface area contributed by atoms with Crippen LogP contribution in [0.25, 0.3) is 0 Å². The van der Waals surface area contributed by atoms with Gasteiger partial charge in [-0.15, -0.1) is 0 Å². The Morgan fingerprint density at radius 2 is 2.06 bits per heavy atom. The summed E-state index contributed by atoms with van der Waals surface area (Å²) in [6.07, 6.45) is 0. The summed E-state index contributed by atoms with van der Waals surface area (Å²) in [5.74, 6) is 0.491. The van der Waals surface area contributed by atoms with Gasteiger partial charge in [0.1, 0.15) is 11.5 Å². The van der Waals surface area contributed by atoms with E-state index >= 15 is 0 Å². The van der Waals surface area contributed by atoms with Crippen LogP contribution in [0.5, 0.6) is 11.5 Å². The van der Waals surface area contributed by atoms with Crippen molar-refractivity contribution in [2.24, 2.45) is 0 Å². The number of ether oxygens (including phenoxy) is 1. The highest BCUT2D eigenvalue weighted by Gasteiger charge is 2.16. The van der Waals surface area contributed by atoms with Crippen LogP contribution in [0.3, 0.4) is 0 Å². The molecule has 0 aliphatic carbocycles. The summed E-state index contributed by atoms with van der Waals surface area (Å²) in [7, 11) is 3.04. The molecular formula is C12H17NO3. The number of phenolic OH excluding ortho intramolecular Hbond substituents is 1. The third kappa shape index (κ3) is 2.27. The van der Waals surface area contributed by atoms with E-state index < -0.39 is 0 Å². The van der Waals surface area contributed by atoms with E-state index in [-0.39, 0.29) is 17.6 Å². The van der Waals surface area contributed by atoms with Crippen molar-refractivity contribution in [3.63, 3.8) is 0 Å². The van der Waals surface area contributed by atoms with E-state index in [9.17, 15) is 9.90 Å². The number of phenols is 1. The van der Waals surface area contributed by atoms with Gasteiger partial charge >= 0.3 is 0 Å². The van der Waals surface area contributed by atoms with Gasteiger partial charge in [0.25, 0.3) is 5.91 Å². The molecule has 16 heavy (non-hydrogen) atoms. The lowest BCUT2D eigenvalue weighted by atomic mass is 9.99.